The molecule has 1 saturated carbocycles. The molecule has 0 saturated heterocycles. The lowest BCUT2D eigenvalue weighted by Crippen LogP contribution is -2.13. The molecule has 1 aromatic carbocycles. The first-order valence-electron chi connectivity index (χ1n) is 4.84. The average Bonchev–Trinajstić information content (AvgIpc) is 2.91. The first-order valence-corrected chi connectivity index (χ1v) is 5.60. The van der Waals surface area contributed by atoms with Gasteiger partial charge in [-0.25, -0.2) is 0 Å². The van der Waals surface area contributed by atoms with Crippen molar-refractivity contribution in [3.05, 3.63) is 33.8 Å². The summed E-state index contributed by atoms with van der Waals surface area (Å²) in [4.78, 5) is 0. The quantitative estimate of drug-likeness (QED) is 0.846. The fourth-order valence-electron chi connectivity index (χ4n) is 1.99. The Hall–Kier alpha value is -0.240. The van der Waals surface area contributed by atoms with Crippen molar-refractivity contribution in [2.45, 2.75) is 24.7 Å². The molecule has 0 heterocycles. The number of benzene rings is 1. The first-order chi connectivity index (χ1) is 6.69. The Morgan fingerprint density at radius 1 is 1.29 bits per heavy atom. The van der Waals surface area contributed by atoms with Crippen LogP contribution in [0, 0.1) is 0 Å². The van der Waals surface area contributed by atoms with E-state index in [2.05, 4.69) is 6.07 Å². The summed E-state index contributed by atoms with van der Waals surface area (Å²) in [6.07, 6.45) is 3.38. The SMILES string of the molecule is NCCC1(c2cccc(Cl)c2Cl)CC1. The normalized spacial score (nSPS) is 18.2. The van der Waals surface area contributed by atoms with Crippen LogP contribution >= 0.6 is 23.2 Å². The van der Waals surface area contributed by atoms with Crippen molar-refractivity contribution in [3.63, 3.8) is 0 Å². The molecule has 1 nitrogen and oxygen atoms in total. The summed E-state index contributed by atoms with van der Waals surface area (Å²) < 4.78 is 0. The predicted octanol–water partition coefficient (Wildman–Crippen LogP) is 3.37. The zero-order chi connectivity index (χ0) is 10.2. The van der Waals surface area contributed by atoms with E-state index in [1.807, 2.05) is 12.1 Å². The Labute approximate surface area is 94.2 Å². The summed E-state index contributed by atoms with van der Waals surface area (Å²) in [6, 6.07) is 5.85. The zero-order valence-electron chi connectivity index (χ0n) is 7.89. The summed E-state index contributed by atoms with van der Waals surface area (Å²) in [6.45, 7) is 0.711. The Bertz CT molecular complexity index is 345. The van der Waals surface area contributed by atoms with Crippen molar-refractivity contribution in [1.29, 1.82) is 0 Å². The number of nitrogens with two attached hydrogens (primary N) is 1. The van der Waals surface area contributed by atoms with Crippen molar-refractivity contribution in [1.82, 2.24) is 0 Å². The van der Waals surface area contributed by atoms with E-state index in [1.54, 1.807) is 0 Å². The molecule has 0 unspecified atom stereocenters. The second kappa shape index (κ2) is 3.73. The third-order valence-corrected chi connectivity index (χ3v) is 3.82. The lowest BCUT2D eigenvalue weighted by Gasteiger charge is -2.16. The molecule has 2 N–H and O–H groups in total. The standard InChI is InChI=1S/C11H13Cl2N/c12-9-3-1-2-8(10(9)13)11(4-5-11)6-7-14/h1-3H,4-7,14H2. The highest BCUT2D eigenvalue weighted by Gasteiger charge is 2.44. The molecule has 0 spiro atoms. The molecule has 76 valence electrons. The molecule has 1 aliphatic carbocycles. The predicted molar refractivity (Wildman–Crippen MR) is 61.0 cm³/mol. The molecule has 14 heavy (non-hydrogen) atoms. The van der Waals surface area contributed by atoms with Crippen molar-refractivity contribution in [2.24, 2.45) is 5.73 Å². The van der Waals surface area contributed by atoms with Gasteiger partial charge in [0.2, 0.25) is 0 Å². The molecule has 0 aromatic heterocycles. The van der Waals surface area contributed by atoms with Gasteiger partial charge in [-0.15, -0.1) is 0 Å². The maximum atomic E-state index is 6.18. The van der Waals surface area contributed by atoms with Gasteiger partial charge in [-0.3, -0.25) is 0 Å². The highest BCUT2D eigenvalue weighted by atomic mass is 35.5. The van der Waals surface area contributed by atoms with Crippen molar-refractivity contribution in [3.8, 4) is 0 Å². The van der Waals surface area contributed by atoms with Crippen LogP contribution in [-0.4, -0.2) is 6.54 Å². The summed E-state index contributed by atoms with van der Waals surface area (Å²) >= 11 is 12.2. The van der Waals surface area contributed by atoms with E-state index in [9.17, 15) is 0 Å². The lowest BCUT2D eigenvalue weighted by atomic mass is 9.92. The van der Waals surface area contributed by atoms with Gasteiger partial charge in [0.1, 0.15) is 0 Å². The van der Waals surface area contributed by atoms with Crippen LogP contribution in [0.25, 0.3) is 0 Å². The number of hydrogen-bond acceptors (Lipinski definition) is 1. The number of hydrogen-bond donors (Lipinski definition) is 1. The van der Waals surface area contributed by atoms with Gasteiger partial charge in [0.25, 0.3) is 0 Å². The van der Waals surface area contributed by atoms with Gasteiger partial charge in [0.05, 0.1) is 10.0 Å². The smallest absolute Gasteiger partial charge is 0.0629 e. The number of rotatable bonds is 3. The molecule has 0 radical (unpaired) electrons. The Morgan fingerprint density at radius 2 is 2.00 bits per heavy atom. The van der Waals surface area contributed by atoms with E-state index in [1.165, 1.54) is 18.4 Å². The minimum absolute atomic E-state index is 0.233. The fourth-order valence-corrected chi connectivity index (χ4v) is 2.50. The van der Waals surface area contributed by atoms with E-state index in [-0.39, 0.29) is 5.41 Å². The van der Waals surface area contributed by atoms with Gasteiger partial charge < -0.3 is 5.73 Å². The summed E-state index contributed by atoms with van der Waals surface area (Å²) in [5.74, 6) is 0. The maximum Gasteiger partial charge on any atom is 0.0629 e. The van der Waals surface area contributed by atoms with Gasteiger partial charge in [-0.05, 0) is 42.9 Å². The minimum Gasteiger partial charge on any atom is -0.330 e. The summed E-state index contributed by atoms with van der Waals surface area (Å²) in [7, 11) is 0. The average molecular weight is 230 g/mol. The van der Waals surface area contributed by atoms with Gasteiger partial charge in [0, 0.05) is 0 Å². The lowest BCUT2D eigenvalue weighted by molar-refractivity contribution is 0.629. The van der Waals surface area contributed by atoms with Crippen LogP contribution in [0.15, 0.2) is 18.2 Å². The molecule has 2 rings (SSSR count). The molecule has 3 heteroatoms. The molecule has 1 fully saturated rings. The van der Waals surface area contributed by atoms with E-state index >= 15 is 0 Å². The molecule has 0 atom stereocenters. The van der Waals surface area contributed by atoms with E-state index in [4.69, 9.17) is 28.9 Å². The monoisotopic (exact) mass is 229 g/mol. The third-order valence-electron chi connectivity index (χ3n) is 3.00. The van der Waals surface area contributed by atoms with Crippen LogP contribution in [0.4, 0.5) is 0 Å². The topological polar surface area (TPSA) is 26.0 Å². The highest BCUT2D eigenvalue weighted by Crippen LogP contribution is 2.53. The van der Waals surface area contributed by atoms with Gasteiger partial charge >= 0.3 is 0 Å². The van der Waals surface area contributed by atoms with Gasteiger partial charge in [0.15, 0.2) is 0 Å². The van der Waals surface area contributed by atoms with Crippen LogP contribution in [0.2, 0.25) is 10.0 Å². The Balaban J connectivity index is 2.37. The Kier molecular flexibility index (Phi) is 2.74. The molecule has 0 bridgehead atoms. The zero-order valence-corrected chi connectivity index (χ0v) is 9.41. The molecule has 0 amide bonds. The Morgan fingerprint density at radius 3 is 2.57 bits per heavy atom. The highest BCUT2D eigenvalue weighted by molar-refractivity contribution is 6.42. The van der Waals surface area contributed by atoms with Gasteiger partial charge in [-0.1, -0.05) is 35.3 Å². The largest absolute Gasteiger partial charge is 0.330 e. The van der Waals surface area contributed by atoms with Crippen molar-refractivity contribution >= 4 is 23.2 Å². The van der Waals surface area contributed by atoms with Gasteiger partial charge in [-0.2, -0.15) is 0 Å². The molecular weight excluding hydrogens is 217 g/mol. The molecule has 1 aliphatic rings. The minimum atomic E-state index is 0.233. The second-order valence-electron chi connectivity index (χ2n) is 3.92. The van der Waals surface area contributed by atoms with E-state index in [0.717, 1.165) is 6.42 Å². The molecule has 1 aromatic rings. The first kappa shape index (κ1) is 10.3. The second-order valence-corrected chi connectivity index (χ2v) is 4.71. The summed E-state index contributed by atoms with van der Waals surface area (Å²) in [5, 5.41) is 1.35. The molecular formula is C11H13Cl2N. The van der Waals surface area contributed by atoms with Crippen LogP contribution in [0.1, 0.15) is 24.8 Å². The third kappa shape index (κ3) is 1.65. The van der Waals surface area contributed by atoms with Crippen LogP contribution < -0.4 is 5.73 Å². The molecule has 0 aliphatic heterocycles. The van der Waals surface area contributed by atoms with Crippen molar-refractivity contribution in [2.75, 3.05) is 6.54 Å². The van der Waals surface area contributed by atoms with E-state index in [0.29, 0.717) is 16.6 Å². The van der Waals surface area contributed by atoms with E-state index < -0.39 is 0 Å². The van der Waals surface area contributed by atoms with Crippen molar-refractivity contribution < 1.29 is 0 Å². The number of halogens is 2. The van der Waals surface area contributed by atoms with Crippen LogP contribution in [0.3, 0.4) is 0 Å². The fraction of sp³-hybridized carbons (Fsp3) is 0.455. The van der Waals surface area contributed by atoms with Crippen LogP contribution in [-0.2, 0) is 5.41 Å². The summed E-state index contributed by atoms with van der Waals surface area (Å²) in [5.41, 5.74) is 7.01. The van der Waals surface area contributed by atoms with Crippen LogP contribution in [0.5, 0.6) is 0 Å². The maximum absolute atomic E-state index is 6.18.